The van der Waals surface area contributed by atoms with Gasteiger partial charge in [0, 0.05) is 38.0 Å². The molecule has 8 unspecified atom stereocenters. The summed E-state index contributed by atoms with van der Waals surface area (Å²) >= 11 is 0. The lowest BCUT2D eigenvalue weighted by Gasteiger charge is -2.43. The normalized spacial score (nSPS) is 40.2. The Morgan fingerprint density at radius 2 is 0.857 bits per heavy atom. The molecule has 0 aliphatic heterocycles. The molecule has 0 spiro atoms. The van der Waals surface area contributed by atoms with Crippen molar-refractivity contribution >= 4 is 0 Å². The summed E-state index contributed by atoms with van der Waals surface area (Å²) in [7, 11) is 0. The Balaban J connectivity index is 1.36. The molecule has 1 aromatic carbocycles. The van der Waals surface area contributed by atoms with E-state index < -0.39 is 60.9 Å². The fourth-order valence-corrected chi connectivity index (χ4v) is 6.56. The van der Waals surface area contributed by atoms with E-state index in [2.05, 4.69) is 4.90 Å². The van der Waals surface area contributed by atoms with Gasteiger partial charge in [0.15, 0.2) is 0 Å². The van der Waals surface area contributed by atoms with E-state index >= 15 is 0 Å². The first-order chi connectivity index (χ1) is 20.1. The predicted octanol–water partition coefficient (Wildman–Crippen LogP) is -0.508. The van der Waals surface area contributed by atoms with Crippen molar-refractivity contribution < 1.29 is 40.9 Å². The van der Waals surface area contributed by atoms with Crippen molar-refractivity contribution in [3.63, 3.8) is 0 Å². The standard InChI is InChI=1S/C32H44N2O8/c35-23-7-9-25(29(39)15-23)34(26-10-8-24(36)16-30(26)40)18-20-3-1-19(2-4-20)17-33(21-5-11-27(37)31(41)13-21)22-6-12-28(38)32(42)14-22/h1-12,21-32,35-42H,13-18H2/t21?,22?,23-,24-,25+,26+,27?,28?,29?,30?,31?,32?/m1/s1. The second-order valence-electron chi connectivity index (χ2n) is 12.1. The average molecular weight is 585 g/mol. The van der Waals surface area contributed by atoms with Crippen molar-refractivity contribution in [2.75, 3.05) is 0 Å². The van der Waals surface area contributed by atoms with Crippen LogP contribution in [-0.2, 0) is 13.1 Å². The van der Waals surface area contributed by atoms with E-state index in [1.54, 1.807) is 36.5 Å². The molecule has 0 radical (unpaired) electrons. The molecule has 4 aliphatic rings. The molecule has 0 bridgehead atoms. The van der Waals surface area contributed by atoms with Crippen LogP contribution in [0.1, 0.15) is 36.8 Å². The highest BCUT2D eigenvalue weighted by Crippen LogP contribution is 2.29. The van der Waals surface area contributed by atoms with Crippen LogP contribution in [0.25, 0.3) is 0 Å². The monoisotopic (exact) mass is 584 g/mol. The summed E-state index contributed by atoms with van der Waals surface area (Å²) in [5.74, 6) is 0. The van der Waals surface area contributed by atoms with Gasteiger partial charge in [-0.05, 0) is 24.0 Å². The Labute approximate surface area is 246 Å². The molecule has 12 atom stereocenters. The minimum Gasteiger partial charge on any atom is -0.391 e. The van der Waals surface area contributed by atoms with Gasteiger partial charge in [0.2, 0.25) is 0 Å². The highest BCUT2D eigenvalue weighted by molar-refractivity contribution is 5.25. The maximum atomic E-state index is 10.8. The highest BCUT2D eigenvalue weighted by Gasteiger charge is 2.37. The highest BCUT2D eigenvalue weighted by atomic mass is 16.3. The molecule has 0 saturated carbocycles. The van der Waals surface area contributed by atoms with Crippen molar-refractivity contribution in [3.05, 3.63) is 84.0 Å². The molecule has 0 heterocycles. The molecule has 10 heteroatoms. The number of benzene rings is 1. The van der Waals surface area contributed by atoms with Crippen LogP contribution in [0, 0.1) is 0 Å². The van der Waals surface area contributed by atoms with E-state index in [4.69, 9.17) is 0 Å². The van der Waals surface area contributed by atoms with E-state index in [9.17, 15) is 40.9 Å². The van der Waals surface area contributed by atoms with Gasteiger partial charge in [-0.3, -0.25) is 9.80 Å². The SMILES string of the molecule is OC1C=CC(N(Cc2ccc(CN([C@H]3C=C[C@@H](O)CC3O)[C@H]3C=C[C@@H](O)CC3O)cc2)C2C=CC(O)C(O)C2)CC1O. The molecule has 0 fully saturated rings. The van der Waals surface area contributed by atoms with E-state index in [1.165, 1.54) is 0 Å². The van der Waals surface area contributed by atoms with Crippen LogP contribution in [0.3, 0.4) is 0 Å². The van der Waals surface area contributed by atoms with Crippen molar-refractivity contribution in [2.24, 2.45) is 0 Å². The molecule has 230 valence electrons. The maximum absolute atomic E-state index is 10.8. The van der Waals surface area contributed by atoms with Crippen LogP contribution < -0.4 is 0 Å². The van der Waals surface area contributed by atoms with Gasteiger partial charge in [0.1, 0.15) is 0 Å². The Kier molecular flexibility index (Phi) is 10.1. The zero-order valence-electron chi connectivity index (χ0n) is 23.6. The summed E-state index contributed by atoms with van der Waals surface area (Å²) in [5, 5.41) is 82.3. The molecular formula is C32H44N2O8. The average Bonchev–Trinajstić information content (AvgIpc) is 2.95. The fraction of sp³-hybridized carbons (Fsp3) is 0.562. The number of hydrogen-bond donors (Lipinski definition) is 8. The van der Waals surface area contributed by atoms with E-state index in [1.807, 2.05) is 41.3 Å². The third kappa shape index (κ3) is 7.28. The Hall–Kier alpha value is -2.22. The lowest BCUT2D eigenvalue weighted by molar-refractivity contribution is -0.0251. The van der Waals surface area contributed by atoms with Crippen molar-refractivity contribution in [1.82, 2.24) is 9.80 Å². The maximum Gasteiger partial charge on any atom is 0.0981 e. The van der Waals surface area contributed by atoms with E-state index in [-0.39, 0.29) is 24.9 Å². The van der Waals surface area contributed by atoms with Gasteiger partial charge in [-0.2, -0.15) is 0 Å². The number of aliphatic hydroxyl groups excluding tert-OH is 8. The minimum absolute atomic E-state index is 0.180. The van der Waals surface area contributed by atoms with Crippen LogP contribution in [0.2, 0.25) is 0 Å². The molecule has 1 aromatic rings. The summed E-state index contributed by atoms with van der Waals surface area (Å²) in [4.78, 5) is 4.15. The van der Waals surface area contributed by atoms with Gasteiger partial charge in [0.05, 0.1) is 60.9 Å². The first-order valence-electron chi connectivity index (χ1n) is 14.9. The zero-order chi connectivity index (χ0) is 30.0. The summed E-state index contributed by atoms with van der Waals surface area (Å²) in [6.07, 6.45) is 8.24. The second-order valence-corrected chi connectivity index (χ2v) is 12.1. The smallest absolute Gasteiger partial charge is 0.0981 e. The van der Waals surface area contributed by atoms with Gasteiger partial charge in [0.25, 0.3) is 0 Å². The van der Waals surface area contributed by atoms with E-state index in [0.29, 0.717) is 25.9 Å². The van der Waals surface area contributed by atoms with Gasteiger partial charge >= 0.3 is 0 Å². The van der Waals surface area contributed by atoms with Crippen LogP contribution in [-0.4, -0.2) is 124 Å². The summed E-state index contributed by atoms with van der Waals surface area (Å²) in [6, 6.07) is 6.78. The van der Waals surface area contributed by atoms with Crippen molar-refractivity contribution in [1.29, 1.82) is 0 Å². The molecule has 8 N–H and O–H groups in total. The van der Waals surface area contributed by atoms with Gasteiger partial charge in [-0.15, -0.1) is 0 Å². The minimum atomic E-state index is -0.916. The molecule has 5 rings (SSSR count). The third-order valence-corrected chi connectivity index (χ3v) is 9.00. The topological polar surface area (TPSA) is 168 Å². The zero-order valence-corrected chi connectivity index (χ0v) is 23.6. The van der Waals surface area contributed by atoms with Crippen LogP contribution >= 0.6 is 0 Å². The molecule has 0 amide bonds. The fourth-order valence-electron chi connectivity index (χ4n) is 6.56. The lowest BCUT2D eigenvalue weighted by atomic mass is 9.90. The number of aliphatic hydroxyl groups is 8. The predicted molar refractivity (Wildman–Crippen MR) is 156 cm³/mol. The van der Waals surface area contributed by atoms with Crippen molar-refractivity contribution in [2.45, 2.75) is 112 Å². The Bertz CT molecular complexity index is 1090. The number of hydrogen-bond acceptors (Lipinski definition) is 10. The van der Waals surface area contributed by atoms with Crippen LogP contribution in [0.15, 0.2) is 72.9 Å². The summed E-state index contributed by atoms with van der Waals surface area (Å²) in [6.45, 7) is 0.919. The van der Waals surface area contributed by atoms with Gasteiger partial charge in [-0.25, -0.2) is 0 Å². The first kappa shape index (κ1) is 31.2. The second kappa shape index (κ2) is 13.6. The molecule has 10 nitrogen and oxygen atoms in total. The molecule has 0 saturated heterocycles. The number of nitrogens with zero attached hydrogens (tertiary/aromatic N) is 2. The third-order valence-electron chi connectivity index (χ3n) is 9.00. The first-order valence-corrected chi connectivity index (χ1v) is 14.9. The summed E-state index contributed by atoms with van der Waals surface area (Å²) < 4.78 is 0. The Morgan fingerprint density at radius 3 is 1.24 bits per heavy atom. The molecular weight excluding hydrogens is 540 g/mol. The van der Waals surface area contributed by atoms with Gasteiger partial charge in [-0.1, -0.05) is 72.9 Å². The lowest BCUT2D eigenvalue weighted by Crippen LogP contribution is -2.54. The Morgan fingerprint density at radius 1 is 0.452 bits per heavy atom. The van der Waals surface area contributed by atoms with Gasteiger partial charge < -0.3 is 40.9 Å². The molecule has 42 heavy (non-hydrogen) atoms. The quantitative estimate of drug-likeness (QED) is 0.186. The van der Waals surface area contributed by atoms with Crippen LogP contribution in [0.5, 0.6) is 0 Å². The van der Waals surface area contributed by atoms with Crippen LogP contribution in [0.4, 0.5) is 0 Å². The largest absolute Gasteiger partial charge is 0.391 e. The van der Waals surface area contributed by atoms with E-state index in [0.717, 1.165) is 11.1 Å². The molecule has 4 aliphatic carbocycles. The summed E-state index contributed by atoms with van der Waals surface area (Å²) in [5.41, 5.74) is 1.95. The number of rotatable bonds is 8. The molecule has 0 aromatic heterocycles. The van der Waals surface area contributed by atoms with Crippen molar-refractivity contribution in [3.8, 4) is 0 Å².